The maximum Gasteiger partial charge on any atom is 0.174 e. The smallest absolute Gasteiger partial charge is 0.174 e. The summed E-state index contributed by atoms with van der Waals surface area (Å²) in [6.07, 6.45) is 2.60. The van der Waals surface area contributed by atoms with E-state index in [0.29, 0.717) is 19.6 Å². The van der Waals surface area contributed by atoms with Gasteiger partial charge < -0.3 is 19.1 Å². The van der Waals surface area contributed by atoms with Gasteiger partial charge in [-0.1, -0.05) is 36.4 Å². The Morgan fingerprint density at radius 1 is 1.16 bits per heavy atom. The lowest BCUT2D eigenvalue weighted by molar-refractivity contribution is -0.208. The zero-order valence-electron chi connectivity index (χ0n) is 18.2. The Hall–Kier alpha value is -2.37. The third-order valence-corrected chi connectivity index (χ3v) is 8.11. The second-order valence-corrected chi connectivity index (χ2v) is 9.41. The molecular weight excluding hydrogens is 390 g/mol. The SMILES string of the molecule is CCO[C@@]12CCC(=O)[C@@H]3Oc4c(OCc5ccccc5)ccc5c4[C@@]31CCN(C)[C@@H]2C5. The lowest BCUT2D eigenvalue weighted by Gasteiger charge is -2.63. The van der Waals surface area contributed by atoms with Gasteiger partial charge in [0.05, 0.1) is 11.0 Å². The summed E-state index contributed by atoms with van der Waals surface area (Å²) in [6.45, 7) is 4.13. The van der Waals surface area contributed by atoms with E-state index in [0.717, 1.165) is 42.9 Å². The van der Waals surface area contributed by atoms with Crippen molar-refractivity contribution in [2.24, 2.45) is 0 Å². The zero-order chi connectivity index (χ0) is 21.2. The Morgan fingerprint density at radius 3 is 2.81 bits per heavy atom. The van der Waals surface area contributed by atoms with Crippen LogP contribution < -0.4 is 9.47 Å². The van der Waals surface area contributed by atoms with Crippen molar-refractivity contribution >= 4 is 5.78 Å². The minimum absolute atomic E-state index is 0.205. The van der Waals surface area contributed by atoms with Crippen LogP contribution >= 0.6 is 0 Å². The summed E-state index contributed by atoms with van der Waals surface area (Å²) in [7, 11) is 2.20. The Kier molecular flexibility index (Phi) is 4.25. The average molecular weight is 420 g/mol. The maximum atomic E-state index is 13.2. The van der Waals surface area contributed by atoms with E-state index in [4.69, 9.17) is 14.2 Å². The third kappa shape index (κ3) is 2.42. The first-order valence-corrected chi connectivity index (χ1v) is 11.5. The molecule has 2 heterocycles. The number of ketones is 1. The summed E-state index contributed by atoms with van der Waals surface area (Å²) in [6, 6.07) is 14.6. The number of Topliss-reactive ketones (excluding diaryl/α,β-unsaturated/α-hetero) is 1. The number of nitrogens with zero attached hydrogens (tertiary/aromatic N) is 1. The molecular formula is C26H29NO4. The second-order valence-electron chi connectivity index (χ2n) is 9.41. The van der Waals surface area contributed by atoms with Crippen molar-refractivity contribution < 1.29 is 19.0 Å². The Bertz CT molecular complexity index is 1040. The lowest BCUT2D eigenvalue weighted by Crippen LogP contribution is -2.77. The molecule has 2 aromatic rings. The van der Waals surface area contributed by atoms with Gasteiger partial charge >= 0.3 is 0 Å². The molecule has 0 aromatic heterocycles. The number of likely N-dealkylation sites (N-methyl/N-ethyl adjacent to an activating group) is 1. The minimum atomic E-state index is -0.473. The van der Waals surface area contributed by atoms with Crippen LogP contribution in [0.1, 0.15) is 42.9 Å². The van der Waals surface area contributed by atoms with Gasteiger partial charge in [-0.25, -0.2) is 0 Å². The van der Waals surface area contributed by atoms with Gasteiger partial charge in [0.2, 0.25) is 0 Å². The molecule has 2 aliphatic heterocycles. The zero-order valence-corrected chi connectivity index (χ0v) is 18.2. The molecule has 4 aliphatic rings. The molecule has 2 fully saturated rings. The summed E-state index contributed by atoms with van der Waals surface area (Å²) in [4.78, 5) is 15.6. The number of hydrogen-bond acceptors (Lipinski definition) is 5. The highest BCUT2D eigenvalue weighted by Crippen LogP contribution is 2.65. The van der Waals surface area contributed by atoms with Gasteiger partial charge in [0.1, 0.15) is 6.61 Å². The molecule has 6 rings (SSSR count). The Labute approximate surface area is 183 Å². The molecule has 162 valence electrons. The van der Waals surface area contributed by atoms with Crippen LogP contribution in [0.15, 0.2) is 42.5 Å². The van der Waals surface area contributed by atoms with Crippen LogP contribution in [0.3, 0.4) is 0 Å². The molecule has 2 aliphatic carbocycles. The van der Waals surface area contributed by atoms with Gasteiger partial charge in [0.15, 0.2) is 23.4 Å². The number of ether oxygens (including phenoxy) is 3. The van der Waals surface area contributed by atoms with E-state index in [1.165, 1.54) is 11.1 Å². The number of likely N-dealkylation sites (tertiary alicyclic amines) is 1. The van der Waals surface area contributed by atoms with Crippen LogP contribution in [0.5, 0.6) is 11.5 Å². The Morgan fingerprint density at radius 2 is 2.00 bits per heavy atom. The molecule has 31 heavy (non-hydrogen) atoms. The van der Waals surface area contributed by atoms with Crippen LogP contribution in [-0.2, 0) is 28.0 Å². The quantitative estimate of drug-likeness (QED) is 0.740. The number of benzene rings is 2. The van der Waals surface area contributed by atoms with Crippen LogP contribution in [-0.4, -0.2) is 48.6 Å². The second kappa shape index (κ2) is 6.81. The fourth-order valence-electron chi connectivity index (χ4n) is 6.90. The van der Waals surface area contributed by atoms with E-state index in [2.05, 4.69) is 37.1 Å². The molecule has 0 unspecified atom stereocenters. The predicted octanol–water partition coefficient (Wildman–Crippen LogP) is 3.66. The molecule has 2 aromatic carbocycles. The fraction of sp³-hybridized carbons (Fsp3) is 0.500. The summed E-state index contributed by atoms with van der Waals surface area (Å²) in [5.74, 6) is 1.72. The number of hydrogen-bond donors (Lipinski definition) is 0. The molecule has 0 amide bonds. The predicted molar refractivity (Wildman–Crippen MR) is 117 cm³/mol. The van der Waals surface area contributed by atoms with E-state index < -0.39 is 11.5 Å². The number of rotatable bonds is 5. The Balaban J connectivity index is 1.50. The van der Waals surface area contributed by atoms with Gasteiger partial charge in [0, 0.05) is 24.6 Å². The van der Waals surface area contributed by atoms with Gasteiger partial charge in [-0.2, -0.15) is 0 Å². The first-order chi connectivity index (χ1) is 15.1. The van der Waals surface area contributed by atoms with E-state index in [1.807, 2.05) is 24.3 Å². The molecule has 1 saturated heterocycles. The van der Waals surface area contributed by atoms with Crippen LogP contribution in [0, 0.1) is 0 Å². The summed E-state index contributed by atoms with van der Waals surface area (Å²) < 4.78 is 19.5. The van der Waals surface area contributed by atoms with Crippen molar-refractivity contribution in [3.8, 4) is 11.5 Å². The highest BCUT2D eigenvalue weighted by atomic mass is 16.5. The molecule has 4 atom stereocenters. The minimum Gasteiger partial charge on any atom is -0.485 e. The van der Waals surface area contributed by atoms with Crippen molar-refractivity contribution in [3.63, 3.8) is 0 Å². The topological polar surface area (TPSA) is 48.0 Å². The van der Waals surface area contributed by atoms with E-state index in [-0.39, 0.29) is 17.4 Å². The van der Waals surface area contributed by atoms with Crippen LogP contribution in [0.25, 0.3) is 0 Å². The van der Waals surface area contributed by atoms with Gasteiger partial charge in [-0.15, -0.1) is 0 Å². The standard InChI is InChI=1S/C26H29NO4/c1-3-30-26-12-11-19(28)24-25(26)13-14-27(2)21(26)15-18-9-10-20(23(31-24)22(18)25)29-16-17-7-5-4-6-8-17/h4-10,21,24H,3,11-16H2,1-2H3/t21-,24+,25+,26-/m1/s1. The highest BCUT2D eigenvalue weighted by Gasteiger charge is 2.73. The fourth-order valence-corrected chi connectivity index (χ4v) is 6.90. The van der Waals surface area contributed by atoms with Gasteiger partial charge in [0.25, 0.3) is 0 Å². The van der Waals surface area contributed by atoms with Crippen LogP contribution in [0.4, 0.5) is 0 Å². The van der Waals surface area contributed by atoms with E-state index in [1.54, 1.807) is 0 Å². The van der Waals surface area contributed by atoms with Crippen molar-refractivity contribution in [2.75, 3.05) is 20.2 Å². The highest BCUT2D eigenvalue weighted by molar-refractivity contribution is 5.90. The third-order valence-electron chi connectivity index (χ3n) is 8.11. The number of carbonyl (C=O) groups excluding carboxylic acids is 1. The summed E-state index contributed by atoms with van der Waals surface area (Å²) >= 11 is 0. The van der Waals surface area contributed by atoms with E-state index >= 15 is 0 Å². The van der Waals surface area contributed by atoms with Gasteiger partial charge in [-0.3, -0.25) is 4.79 Å². The largest absolute Gasteiger partial charge is 0.485 e. The van der Waals surface area contributed by atoms with E-state index in [9.17, 15) is 4.79 Å². The number of piperidine rings is 1. The van der Waals surface area contributed by atoms with Crippen molar-refractivity contribution in [1.29, 1.82) is 0 Å². The first-order valence-electron chi connectivity index (χ1n) is 11.5. The molecule has 2 bridgehead atoms. The van der Waals surface area contributed by atoms with Crippen molar-refractivity contribution in [1.82, 2.24) is 4.90 Å². The molecule has 0 radical (unpaired) electrons. The average Bonchev–Trinajstić information content (AvgIpc) is 3.14. The van der Waals surface area contributed by atoms with Crippen molar-refractivity contribution in [3.05, 3.63) is 59.2 Å². The summed E-state index contributed by atoms with van der Waals surface area (Å²) in [5, 5.41) is 0. The maximum absolute atomic E-state index is 13.2. The molecule has 5 nitrogen and oxygen atoms in total. The van der Waals surface area contributed by atoms with Crippen LogP contribution in [0.2, 0.25) is 0 Å². The normalized spacial score (nSPS) is 33.0. The molecule has 5 heteroatoms. The molecule has 0 N–H and O–H groups in total. The number of carbonyl (C=O) groups is 1. The first kappa shape index (κ1) is 19.3. The summed E-state index contributed by atoms with van der Waals surface area (Å²) in [5.41, 5.74) is 2.79. The van der Waals surface area contributed by atoms with Crippen molar-refractivity contribution in [2.45, 2.75) is 62.4 Å². The monoisotopic (exact) mass is 419 g/mol. The lowest BCUT2D eigenvalue weighted by atomic mass is 9.49. The molecule has 1 spiro atoms. The van der Waals surface area contributed by atoms with Gasteiger partial charge in [-0.05, 0) is 57.0 Å². The molecule has 1 saturated carbocycles.